The van der Waals surface area contributed by atoms with Gasteiger partial charge in [-0.05, 0) is 29.2 Å². The van der Waals surface area contributed by atoms with E-state index < -0.39 is 11.7 Å². The van der Waals surface area contributed by atoms with Crippen LogP contribution in [0.2, 0.25) is 4.34 Å². The second kappa shape index (κ2) is 4.78. The third kappa shape index (κ3) is 2.94. The molecule has 0 atom stereocenters. The van der Waals surface area contributed by atoms with Gasteiger partial charge in [0.2, 0.25) is 0 Å². The van der Waals surface area contributed by atoms with Gasteiger partial charge in [0, 0.05) is 6.07 Å². The van der Waals surface area contributed by atoms with Crippen LogP contribution in [0.3, 0.4) is 0 Å². The Hall–Kier alpha value is -1.27. The maximum absolute atomic E-state index is 12.3. The van der Waals surface area contributed by atoms with Crippen LogP contribution in [0.25, 0.3) is 0 Å². The number of halogens is 4. The summed E-state index contributed by atoms with van der Waals surface area (Å²) in [5.74, 6) is 0. The first-order chi connectivity index (χ1) is 8.36. The standard InChI is InChI=1S/C11H7ClF3NOS/c12-9-5-10(17)16(18-9)6-7-1-3-8(4-2-7)11(13,14)15/h1-5H,6H2. The highest BCUT2D eigenvalue weighted by Crippen LogP contribution is 2.29. The van der Waals surface area contributed by atoms with Crippen LogP contribution in [0.15, 0.2) is 35.1 Å². The van der Waals surface area contributed by atoms with Crippen molar-refractivity contribution in [2.45, 2.75) is 12.7 Å². The lowest BCUT2D eigenvalue weighted by atomic mass is 10.1. The van der Waals surface area contributed by atoms with Crippen molar-refractivity contribution in [1.82, 2.24) is 3.96 Å². The molecule has 0 spiro atoms. The fourth-order valence-corrected chi connectivity index (χ4v) is 2.48. The van der Waals surface area contributed by atoms with Gasteiger partial charge < -0.3 is 0 Å². The third-order valence-electron chi connectivity index (χ3n) is 2.29. The van der Waals surface area contributed by atoms with Gasteiger partial charge in [-0.1, -0.05) is 23.7 Å². The van der Waals surface area contributed by atoms with Crippen molar-refractivity contribution < 1.29 is 13.2 Å². The van der Waals surface area contributed by atoms with Gasteiger partial charge in [0.1, 0.15) is 4.34 Å². The molecule has 2 rings (SSSR count). The zero-order chi connectivity index (χ0) is 13.3. The molecule has 96 valence electrons. The molecule has 7 heteroatoms. The van der Waals surface area contributed by atoms with Crippen LogP contribution in [0, 0.1) is 0 Å². The molecule has 0 radical (unpaired) electrons. The van der Waals surface area contributed by atoms with Crippen molar-refractivity contribution >= 4 is 23.1 Å². The lowest BCUT2D eigenvalue weighted by Gasteiger charge is -2.07. The summed E-state index contributed by atoms with van der Waals surface area (Å²) in [6.07, 6.45) is -4.35. The maximum Gasteiger partial charge on any atom is 0.416 e. The summed E-state index contributed by atoms with van der Waals surface area (Å²) in [6.45, 7) is 0.217. The second-order valence-corrected chi connectivity index (χ2v) is 5.30. The van der Waals surface area contributed by atoms with Crippen LogP contribution in [0.4, 0.5) is 13.2 Å². The highest BCUT2D eigenvalue weighted by Gasteiger charge is 2.29. The molecule has 0 bridgehead atoms. The van der Waals surface area contributed by atoms with Crippen molar-refractivity contribution in [2.75, 3.05) is 0 Å². The minimum Gasteiger partial charge on any atom is -0.268 e. The monoisotopic (exact) mass is 293 g/mol. The van der Waals surface area contributed by atoms with Crippen LogP contribution in [-0.4, -0.2) is 3.96 Å². The summed E-state index contributed by atoms with van der Waals surface area (Å²) in [6, 6.07) is 5.97. The van der Waals surface area contributed by atoms with Crippen molar-refractivity contribution in [3.8, 4) is 0 Å². The molecule has 0 aliphatic heterocycles. The van der Waals surface area contributed by atoms with Gasteiger partial charge in [0.15, 0.2) is 0 Å². The van der Waals surface area contributed by atoms with Crippen LogP contribution in [-0.2, 0) is 12.7 Å². The van der Waals surface area contributed by atoms with E-state index in [1.807, 2.05) is 0 Å². The Bertz CT molecular complexity index is 600. The summed E-state index contributed by atoms with van der Waals surface area (Å²) in [7, 11) is 0. The Labute approximate surface area is 109 Å². The number of hydrogen-bond acceptors (Lipinski definition) is 2. The zero-order valence-corrected chi connectivity index (χ0v) is 10.4. The Morgan fingerprint density at radius 2 is 1.83 bits per heavy atom. The lowest BCUT2D eigenvalue weighted by molar-refractivity contribution is -0.137. The summed E-state index contributed by atoms with van der Waals surface area (Å²) in [4.78, 5) is 11.4. The van der Waals surface area contributed by atoms with Crippen LogP contribution >= 0.6 is 23.1 Å². The molecule has 2 aromatic rings. The highest BCUT2D eigenvalue weighted by atomic mass is 35.5. The van der Waals surface area contributed by atoms with E-state index >= 15 is 0 Å². The first-order valence-electron chi connectivity index (χ1n) is 4.89. The normalized spacial score (nSPS) is 11.8. The summed E-state index contributed by atoms with van der Waals surface area (Å²) in [5, 5.41) is 0. The Balaban J connectivity index is 2.21. The number of nitrogens with zero attached hydrogens (tertiary/aromatic N) is 1. The van der Waals surface area contributed by atoms with E-state index in [1.165, 1.54) is 22.2 Å². The molecule has 0 fully saturated rings. The first-order valence-corrected chi connectivity index (χ1v) is 6.04. The number of rotatable bonds is 2. The van der Waals surface area contributed by atoms with Crippen molar-refractivity contribution in [2.24, 2.45) is 0 Å². The Kier molecular flexibility index (Phi) is 3.49. The molecular weight excluding hydrogens is 287 g/mol. The van der Waals surface area contributed by atoms with Crippen LogP contribution in [0.5, 0.6) is 0 Å². The lowest BCUT2D eigenvalue weighted by Crippen LogP contribution is -2.12. The molecule has 2 nitrogen and oxygen atoms in total. The number of benzene rings is 1. The summed E-state index contributed by atoms with van der Waals surface area (Å²) >= 11 is 6.73. The Morgan fingerprint density at radius 3 is 2.28 bits per heavy atom. The second-order valence-electron chi connectivity index (χ2n) is 3.61. The third-order valence-corrected chi connectivity index (χ3v) is 3.43. The molecule has 18 heavy (non-hydrogen) atoms. The molecule has 0 aliphatic carbocycles. The quantitative estimate of drug-likeness (QED) is 0.829. The van der Waals surface area contributed by atoms with Crippen molar-refractivity contribution in [3.05, 3.63) is 56.1 Å². The Morgan fingerprint density at radius 1 is 1.22 bits per heavy atom. The van der Waals surface area contributed by atoms with E-state index in [0.29, 0.717) is 9.90 Å². The van der Waals surface area contributed by atoms with E-state index in [1.54, 1.807) is 0 Å². The molecule has 0 amide bonds. The predicted molar refractivity (Wildman–Crippen MR) is 64.1 cm³/mol. The van der Waals surface area contributed by atoms with Crippen molar-refractivity contribution in [1.29, 1.82) is 0 Å². The number of hydrogen-bond donors (Lipinski definition) is 0. The highest BCUT2D eigenvalue weighted by molar-refractivity contribution is 7.11. The largest absolute Gasteiger partial charge is 0.416 e. The summed E-state index contributed by atoms with van der Waals surface area (Å²) < 4.78 is 38.8. The van der Waals surface area contributed by atoms with Gasteiger partial charge >= 0.3 is 6.18 Å². The zero-order valence-electron chi connectivity index (χ0n) is 8.87. The topological polar surface area (TPSA) is 22.0 Å². The van der Waals surface area contributed by atoms with E-state index in [9.17, 15) is 18.0 Å². The van der Waals surface area contributed by atoms with Gasteiger partial charge in [0.25, 0.3) is 5.56 Å². The van der Waals surface area contributed by atoms with Crippen LogP contribution < -0.4 is 5.56 Å². The van der Waals surface area contributed by atoms with Gasteiger partial charge in [-0.25, -0.2) is 0 Å². The molecule has 0 saturated carbocycles. The minimum absolute atomic E-state index is 0.217. The van der Waals surface area contributed by atoms with E-state index in [2.05, 4.69) is 0 Å². The fourth-order valence-electron chi connectivity index (χ4n) is 1.42. The minimum atomic E-state index is -4.35. The number of aromatic nitrogens is 1. The van der Waals surface area contributed by atoms with Crippen molar-refractivity contribution in [3.63, 3.8) is 0 Å². The predicted octanol–water partition coefficient (Wildman–Crippen LogP) is 3.63. The van der Waals surface area contributed by atoms with Gasteiger partial charge in [-0.2, -0.15) is 13.2 Å². The van der Waals surface area contributed by atoms with E-state index in [0.717, 1.165) is 23.7 Å². The fraction of sp³-hybridized carbons (Fsp3) is 0.182. The number of alkyl halides is 3. The first kappa shape index (κ1) is 13.2. The average molecular weight is 294 g/mol. The molecule has 0 N–H and O–H groups in total. The van der Waals surface area contributed by atoms with Gasteiger partial charge in [-0.15, -0.1) is 0 Å². The SMILES string of the molecule is O=c1cc(Cl)sn1Cc1ccc(C(F)(F)F)cc1. The molecule has 1 aromatic carbocycles. The molecule has 0 aliphatic rings. The molecule has 0 saturated heterocycles. The summed E-state index contributed by atoms with van der Waals surface area (Å²) in [5.41, 5.74) is -0.351. The van der Waals surface area contributed by atoms with Crippen LogP contribution in [0.1, 0.15) is 11.1 Å². The van der Waals surface area contributed by atoms with E-state index in [4.69, 9.17) is 11.6 Å². The average Bonchev–Trinajstić information content (AvgIpc) is 2.57. The molecule has 0 unspecified atom stereocenters. The molecule has 1 heterocycles. The van der Waals surface area contributed by atoms with E-state index in [-0.39, 0.29) is 12.1 Å². The molecule has 1 aromatic heterocycles. The van der Waals surface area contributed by atoms with Gasteiger partial charge in [0.05, 0.1) is 12.1 Å². The maximum atomic E-state index is 12.3. The van der Waals surface area contributed by atoms with Gasteiger partial charge in [-0.3, -0.25) is 8.75 Å². The smallest absolute Gasteiger partial charge is 0.268 e. The molecular formula is C11H7ClF3NOS.